The van der Waals surface area contributed by atoms with Gasteiger partial charge in [0.2, 0.25) is 10.0 Å². The molecule has 126 valence electrons. The van der Waals surface area contributed by atoms with E-state index in [9.17, 15) is 8.42 Å². The lowest BCUT2D eigenvalue weighted by Crippen LogP contribution is -2.26. The van der Waals surface area contributed by atoms with Crippen LogP contribution in [0.5, 0.6) is 5.75 Å². The molecule has 5 nitrogen and oxygen atoms in total. The SMILES string of the molecule is CCOCCCNS(=O)(=O)c1cc(C(C)C)c(C)cc1OC. The molecule has 0 saturated carbocycles. The summed E-state index contributed by atoms with van der Waals surface area (Å²) in [6, 6.07) is 3.49. The van der Waals surface area contributed by atoms with Gasteiger partial charge in [-0.25, -0.2) is 13.1 Å². The first kappa shape index (κ1) is 18.9. The van der Waals surface area contributed by atoms with E-state index in [0.29, 0.717) is 31.9 Å². The fraction of sp³-hybridized carbons (Fsp3) is 0.625. The molecule has 0 aromatic heterocycles. The van der Waals surface area contributed by atoms with Gasteiger partial charge in [0.25, 0.3) is 0 Å². The largest absolute Gasteiger partial charge is 0.495 e. The first-order valence-corrected chi connectivity index (χ1v) is 9.07. The smallest absolute Gasteiger partial charge is 0.244 e. The Morgan fingerprint density at radius 3 is 2.50 bits per heavy atom. The van der Waals surface area contributed by atoms with Crippen LogP contribution in [-0.4, -0.2) is 35.3 Å². The van der Waals surface area contributed by atoms with Crippen molar-refractivity contribution in [2.24, 2.45) is 0 Å². The van der Waals surface area contributed by atoms with E-state index in [-0.39, 0.29) is 10.8 Å². The average Bonchev–Trinajstić information content (AvgIpc) is 2.45. The fourth-order valence-corrected chi connectivity index (χ4v) is 3.53. The molecule has 0 aliphatic carbocycles. The monoisotopic (exact) mass is 329 g/mol. The van der Waals surface area contributed by atoms with Gasteiger partial charge in [-0.15, -0.1) is 0 Å². The number of sulfonamides is 1. The Morgan fingerprint density at radius 2 is 1.95 bits per heavy atom. The molecule has 0 aliphatic heterocycles. The molecule has 0 bridgehead atoms. The van der Waals surface area contributed by atoms with E-state index in [0.717, 1.165) is 11.1 Å². The number of hydrogen-bond donors (Lipinski definition) is 1. The zero-order valence-corrected chi connectivity index (χ0v) is 14.9. The molecule has 0 aliphatic rings. The van der Waals surface area contributed by atoms with Gasteiger partial charge >= 0.3 is 0 Å². The van der Waals surface area contributed by atoms with Gasteiger partial charge < -0.3 is 9.47 Å². The van der Waals surface area contributed by atoms with Crippen LogP contribution in [0.15, 0.2) is 17.0 Å². The van der Waals surface area contributed by atoms with E-state index >= 15 is 0 Å². The molecule has 1 aromatic carbocycles. The minimum absolute atomic E-state index is 0.195. The minimum atomic E-state index is -3.59. The van der Waals surface area contributed by atoms with Gasteiger partial charge in [0, 0.05) is 19.8 Å². The predicted octanol–water partition coefficient (Wildman–Crippen LogP) is 2.83. The first-order valence-electron chi connectivity index (χ1n) is 7.59. The zero-order chi connectivity index (χ0) is 16.8. The summed E-state index contributed by atoms with van der Waals surface area (Å²) in [5.74, 6) is 0.622. The topological polar surface area (TPSA) is 64.6 Å². The molecule has 0 atom stereocenters. The molecule has 0 radical (unpaired) electrons. The summed E-state index contributed by atoms with van der Waals surface area (Å²) in [4.78, 5) is 0.195. The normalized spacial score (nSPS) is 11.9. The molecular formula is C16H27NO4S. The van der Waals surface area contributed by atoms with Crippen molar-refractivity contribution >= 4 is 10.0 Å². The third kappa shape index (κ3) is 4.97. The lowest BCUT2D eigenvalue weighted by molar-refractivity contribution is 0.146. The van der Waals surface area contributed by atoms with Crippen molar-refractivity contribution in [2.75, 3.05) is 26.9 Å². The van der Waals surface area contributed by atoms with Crippen molar-refractivity contribution in [3.63, 3.8) is 0 Å². The van der Waals surface area contributed by atoms with Crippen molar-refractivity contribution in [2.45, 2.75) is 44.9 Å². The molecule has 6 heteroatoms. The highest BCUT2D eigenvalue weighted by atomic mass is 32.2. The van der Waals surface area contributed by atoms with E-state index in [1.54, 1.807) is 12.1 Å². The highest BCUT2D eigenvalue weighted by Crippen LogP contribution is 2.30. The maximum atomic E-state index is 12.5. The number of nitrogens with one attached hydrogen (secondary N) is 1. The Labute approximate surface area is 134 Å². The average molecular weight is 329 g/mol. The quantitative estimate of drug-likeness (QED) is 0.708. The number of methoxy groups -OCH3 is 1. The number of rotatable bonds is 9. The maximum Gasteiger partial charge on any atom is 0.244 e. The third-order valence-electron chi connectivity index (χ3n) is 3.43. The van der Waals surface area contributed by atoms with Crippen molar-refractivity contribution in [1.82, 2.24) is 4.72 Å². The van der Waals surface area contributed by atoms with Crippen molar-refractivity contribution in [3.8, 4) is 5.75 Å². The summed E-state index contributed by atoms with van der Waals surface area (Å²) < 4.78 is 38.1. The molecule has 0 amide bonds. The molecule has 1 aromatic rings. The Morgan fingerprint density at radius 1 is 1.27 bits per heavy atom. The molecule has 0 spiro atoms. The fourth-order valence-electron chi connectivity index (χ4n) is 2.27. The van der Waals surface area contributed by atoms with E-state index in [4.69, 9.17) is 9.47 Å². The number of hydrogen-bond acceptors (Lipinski definition) is 4. The van der Waals surface area contributed by atoms with Gasteiger partial charge in [-0.1, -0.05) is 13.8 Å². The van der Waals surface area contributed by atoms with Crippen LogP contribution < -0.4 is 9.46 Å². The van der Waals surface area contributed by atoms with Gasteiger partial charge in [0.05, 0.1) is 7.11 Å². The number of benzene rings is 1. The van der Waals surface area contributed by atoms with Crippen LogP contribution in [0.25, 0.3) is 0 Å². The van der Waals surface area contributed by atoms with Crippen LogP contribution in [0, 0.1) is 6.92 Å². The Balaban J connectivity index is 2.99. The zero-order valence-electron chi connectivity index (χ0n) is 14.1. The maximum absolute atomic E-state index is 12.5. The molecule has 0 fully saturated rings. The molecule has 1 rings (SSSR count). The molecule has 1 N–H and O–H groups in total. The second-order valence-corrected chi connectivity index (χ2v) is 7.20. The standard InChI is InChI=1S/C16H27NO4S/c1-6-21-9-7-8-17-22(18,19)16-11-14(12(2)3)13(4)10-15(16)20-5/h10-12,17H,6-9H2,1-5H3. The van der Waals surface area contributed by atoms with Crippen molar-refractivity contribution < 1.29 is 17.9 Å². The molecule has 0 heterocycles. The predicted molar refractivity (Wildman–Crippen MR) is 88.1 cm³/mol. The molecule has 0 saturated heterocycles. The van der Waals surface area contributed by atoms with E-state index < -0.39 is 10.0 Å². The van der Waals surface area contributed by atoms with E-state index in [1.165, 1.54) is 7.11 Å². The highest BCUT2D eigenvalue weighted by Gasteiger charge is 2.21. The van der Waals surface area contributed by atoms with Gasteiger partial charge in [0.15, 0.2) is 0 Å². The van der Waals surface area contributed by atoms with Gasteiger partial charge in [-0.05, 0) is 49.4 Å². The van der Waals surface area contributed by atoms with Gasteiger partial charge in [-0.2, -0.15) is 0 Å². The summed E-state index contributed by atoms with van der Waals surface area (Å²) in [5.41, 5.74) is 2.04. The van der Waals surface area contributed by atoms with Crippen LogP contribution in [0.1, 0.15) is 44.2 Å². The Kier molecular flexibility index (Phi) is 7.32. The number of aryl methyl sites for hydroxylation is 1. The second kappa shape index (κ2) is 8.50. The Bertz CT molecular complexity index is 582. The lowest BCUT2D eigenvalue weighted by atomic mass is 9.98. The van der Waals surface area contributed by atoms with E-state index in [2.05, 4.69) is 4.72 Å². The summed E-state index contributed by atoms with van der Waals surface area (Å²) in [5, 5.41) is 0. The summed E-state index contributed by atoms with van der Waals surface area (Å²) in [7, 11) is -2.11. The van der Waals surface area contributed by atoms with Crippen LogP contribution in [-0.2, 0) is 14.8 Å². The molecule has 0 unspecified atom stereocenters. The highest BCUT2D eigenvalue weighted by molar-refractivity contribution is 7.89. The van der Waals surface area contributed by atoms with Crippen molar-refractivity contribution in [3.05, 3.63) is 23.3 Å². The second-order valence-electron chi connectivity index (χ2n) is 5.46. The molecule has 22 heavy (non-hydrogen) atoms. The first-order chi connectivity index (χ1) is 10.3. The third-order valence-corrected chi connectivity index (χ3v) is 4.91. The Hall–Kier alpha value is -1.11. The lowest BCUT2D eigenvalue weighted by Gasteiger charge is -2.16. The summed E-state index contributed by atoms with van der Waals surface area (Å²) >= 11 is 0. The summed E-state index contributed by atoms with van der Waals surface area (Å²) in [6.07, 6.45) is 0.637. The van der Waals surface area contributed by atoms with Crippen LogP contribution in [0.3, 0.4) is 0 Å². The van der Waals surface area contributed by atoms with Crippen molar-refractivity contribution in [1.29, 1.82) is 0 Å². The van der Waals surface area contributed by atoms with Gasteiger partial charge in [-0.3, -0.25) is 0 Å². The minimum Gasteiger partial charge on any atom is -0.495 e. The summed E-state index contributed by atoms with van der Waals surface area (Å²) in [6.45, 7) is 9.48. The van der Waals surface area contributed by atoms with Crippen LogP contribution in [0.4, 0.5) is 0 Å². The van der Waals surface area contributed by atoms with Crippen LogP contribution >= 0.6 is 0 Å². The van der Waals surface area contributed by atoms with Gasteiger partial charge in [0.1, 0.15) is 10.6 Å². The molecular weight excluding hydrogens is 302 g/mol. The van der Waals surface area contributed by atoms with Crippen LogP contribution in [0.2, 0.25) is 0 Å². The number of ether oxygens (including phenoxy) is 2. The van der Waals surface area contributed by atoms with E-state index in [1.807, 2.05) is 27.7 Å².